The zero-order chi connectivity index (χ0) is 14.7. The maximum Gasteiger partial charge on any atom is 2.00 e. The van der Waals surface area contributed by atoms with Crippen LogP contribution in [-0.2, 0) is 39.7 Å². The second-order valence-electron chi connectivity index (χ2n) is 3.39. The Morgan fingerprint density at radius 3 is 1.11 bits per heavy atom. The van der Waals surface area contributed by atoms with Gasteiger partial charge in [-0.25, -0.2) is 16.8 Å². The molecule has 0 unspecified atom stereocenters. The fourth-order valence-electron chi connectivity index (χ4n) is 0.781. The fraction of sp³-hybridized carbons (Fsp3) is 1.00. The predicted molar refractivity (Wildman–Crippen MR) is 61.8 cm³/mol. The zero-order valence-corrected chi connectivity index (χ0v) is 15.1. The largest absolute Gasteiger partial charge is 2.00 e. The average Bonchev–Trinajstić information content (AvgIpc) is 2.16. The molecule has 0 aliphatic carbocycles. The van der Waals surface area contributed by atoms with Crippen LogP contribution in [0.3, 0.4) is 0 Å². The summed E-state index contributed by atoms with van der Waals surface area (Å²) in [6.07, 6.45) is 1.26. The summed E-state index contributed by atoms with van der Waals surface area (Å²) in [6, 6.07) is 0. The summed E-state index contributed by atoms with van der Waals surface area (Å²) in [7, 11) is -8.11. The summed E-state index contributed by atoms with van der Waals surface area (Å²) >= 11 is 0. The van der Waals surface area contributed by atoms with E-state index in [4.69, 9.17) is 10.2 Å². The first-order chi connectivity index (χ1) is 8.12. The van der Waals surface area contributed by atoms with Crippen molar-refractivity contribution in [3.63, 3.8) is 0 Å². The molecule has 8 nitrogen and oxygen atoms in total. The van der Waals surface area contributed by atoms with Crippen molar-refractivity contribution in [2.24, 2.45) is 0 Å². The topological polar surface area (TPSA) is 155 Å². The van der Waals surface area contributed by atoms with Crippen LogP contribution in [0.25, 0.3) is 0 Å². The van der Waals surface area contributed by atoms with E-state index in [9.17, 15) is 25.9 Å². The van der Waals surface area contributed by atoms with E-state index in [1.165, 1.54) is 0 Å². The number of aliphatic hydroxyl groups is 2. The molecule has 0 aliphatic heterocycles. The van der Waals surface area contributed by atoms with Crippen LogP contribution in [0.4, 0.5) is 0 Å². The third kappa shape index (κ3) is 32.2. The first-order valence-electron chi connectivity index (χ1n) is 5.21. The monoisotopic (exact) mass is 370 g/mol. The van der Waals surface area contributed by atoms with E-state index in [0.29, 0.717) is 12.8 Å². The molecule has 0 amide bonds. The van der Waals surface area contributed by atoms with Gasteiger partial charge in [-0.15, -0.1) is 0 Å². The third-order valence-corrected chi connectivity index (χ3v) is 3.18. The summed E-state index contributed by atoms with van der Waals surface area (Å²) in [5.41, 5.74) is 0. The normalized spacial score (nSPS) is 11.2. The number of hydrogen-bond donors (Lipinski definition) is 2. The van der Waals surface area contributed by atoms with Crippen LogP contribution in [0.5, 0.6) is 0 Å². The Labute approximate surface area is 126 Å². The van der Waals surface area contributed by atoms with Crippen molar-refractivity contribution in [1.82, 2.24) is 0 Å². The second kappa shape index (κ2) is 13.4. The minimum atomic E-state index is -4.06. The van der Waals surface area contributed by atoms with Crippen LogP contribution < -0.4 is 0 Å². The van der Waals surface area contributed by atoms with Gasteiger partial charge in [0.1, 0.15) is 0 Å². The third-order valence-electron chi connectivity index (χ3n) is 1.60. The van der Waals surface area contributed by atoms with Gasteiger partial charge in [-0.05, 0) is 25.7 Å². The summed E-state index contributed by atoms with van der Waals surface area (Å²) in [5.74, 6) is -0.735. The van der Waals surface area contributed by atoms with Gasteiger partial charge in [0.05, 0.1) is 20.2 Å². The first-order valence-corrected chi connectivity index (χ1v) is 8.36. The molecule has 0 atom stereocenters. The van der Waals surface area contributed by atoms with Crippen molar-refractivity contribution in [3.8, 4) is 0 Å². The van der Waals surface area contributed by atoms with Gasteiger partial charge in [-0.2, -0.15) is 0 Å². The Kier molecular flexibility index (Phi) is 17.1. The van der Waals surface area contributed by atoms with Crippen molar-refractivity contribution in [1.29, 1.82) is 0 Å². The quantitative estimate of drug-likeness (QED) is 0.300. The van der Waals surface area contributed by atoms with Crippen LogP contribution in [0, 0.1) is 0 Å². The fourth-order valence-corrected chi connectivity index (χ4v) is 1.90. The van der Waals surface area contributed by atoms with Crippen LogP contribution in [-0.4, -0.2) is 60.9 Å². The summed E-state index contributed by atoms with van der Waals surface area (Å²) < 4.78 is 59.2. The minimum absolute atomic E-state index is 0. The van der Waals surface area contributed by atoms with Crippen LogP contribution >= 0.6 is 0 Å². The van der Waals surface area contributed by atoms with E-state index in [-0.39, 0.29) is 57.0 Å². The van der Waals surface area contributed by atoms with Crippen LogP contribution in [0.2, 0.25) is 0 Å². The molecule has 0 radical (unpaired) electrons. The van der Waals surface area contributed by atoms with E-state index < -0.39 is 20.2 Å². The van der Waals surface area contributed by atoms with E-state index >= 15 is 0 Å². The molecule has 2 N–H and O–H groups in total. The van der Waals surface area contributed by atoms with Crippen molar-refractivity contribution in [3.05, 3.63) is 0 Å². The molecule has 0 aromatic heterocycles. The smallest absolute Gasteiger partial charge is 0.748 e. The number of hydrogen-bond acceptors (Lipinski definition) is 8. The van der Waals surface area contributed by atoms with E-state index in [1.54, 1.807) is 0 Å². The van der Waals surface area contributed by atoms with Gasteiger partial charge < -0.3 is 19.3 Å². The van der Waals surface area contributed by atoms with Crippen LogP contribution in [0.15, 0.2) is 0 Å². The molecule has 19 heavy (non-hydrogen) atoms. The molecule has 0 saturated carbocycles. The Bertz CT molecular complexity index is 340. The molecule has 0 fully saturated rings. The van der Waals surface area contributed by atoms with Crippen molar-refractivity contribution in [2.45, 2.75) is 25.7 Å². The summed E-state index contributed by atoms with van der Waals surface area (Å²) in [4.78, 5) is 0. The average molecular weight is 372 g/mol. The molecule has 0 bridgehead atoms. The van der Waals surface area contributed by atoms with Crippen molar-refractivity contribution >= 4 is 20.2 Å². The first kappa shape index (κ1) is 24.4. The molecule has 11 heteroatoms. The minimum Gasteiger partial charge on any atom is -0.748 e. The standard InChI is InChI=1S/2C4H10O4S.Zn/c2*5-3-1-2-4-9(6,7)8;/h2*5H,1-4H2,(H,6,7,8);/q;;+2/p-2. The Morgan fingerprint density at radius 2 is 0.947 bits per heavy atom. The number of unbranched alkanes of at least 4 members (excludes halogenated alkanes) is 2. The van der Waals surface area contributed by atoms with Crippen molar-refractivity contribution in [2.75, 3.05) is 24.7 Å². The maximum atomic E-state index is 9.87. The molecular formula is C8H18O8S2Zn. The van der Waals surface area contributed by atoms with E-state index in [1.807, 2.05) is 0 Å². The van der Waals surface area contributed by atoms with Gasteiger partial charge in [-0.1, -0.05) is 0 Å². The molecule has 0 rings (SSSR count). The maximum absolute atomic E-state index is 9.87. The SMILES string of the molecule is O=S(=O)([O-])CCCCO.O=S(=O)([O-])CCCCO.[Zn+2]. The van der Waals surface area contributed by atoms with Crippen molar-refractivity contribution < 1.29 is 55.6 Å². The number of rotatable bonds is 8. The molecular weight excluding hydrogens is 354 g/mol. The molecule has 0 aromatic rings. The van der Waals surface area contributed by atoms with Gasteiger partial charge in [0.2, 0.25) is 0 Å². The second-order valence-corrected chi connectivity index (χ2v) is 6.43. The van der Waals surface area contributed by atoms with Gasteiger partial charge in [-0.3, -0.25) is 0 Å². The van der Waals surface area contributed by atoms with Gasteiger partial charge in [0, 0.05) is 24.7 Å². The van der Waals surface area contributed by atoms with Gasteiger partial charge >= 0.3 is 19.5 Å². The molecule has 0 aliphatic rings. The summed E-state index contributed by atoms with van der Waals surface area (Å²) in [5, 5.41) is 16.3. The Balaban J connectivity index is -0.000000256. The van der Waals surface area contributed by atoms with Crippen LogP contribution in [0.1, 0.15) is 25.7 Å². The number of aliphatic hydroxyl groups excluding tert-OH is 2. The van der Waals surface area contributed by atoms with Gasteiger partial charge in [0.15, 0.2) is 0 Å². The van der Waals surface area contributed by atoms with E-state index in [0.717, 1.165) is 0 Å². The molecule has 0 heterocycles. The Morgan fingerprint density at radius 1 is 0.684 bits per heavy atom. The molecule has 0 saturated heterocycles. The molecule has 0 spiro atoms. The molecule has 0 aromatic carbocycles. The zero-order valence-electron chi connectivity index (χ0n) is 10.5. The predicted octanol–water partition coefficient (Wildman–Crippen LogP) is -1.39. The summed E-state index contributed by atoms with van der Waals surface area (Å²) in [6.45, 7) is -0.120. The van der Waals surface area contributed by atoms with E-state index in [2.05, 4.69) is 0 Å². The Hall–Kier alpha value is 0.363. The molecule has 112 valence electrons. The van der Waals surface area contributed by atoms with Gasteiger partial charge in [0.25, 0.3) is 0 Å².